The fourth-order valence-corrected chi connectivity index (χ4v) is 2.76. The number of carboxylic acids is 1. The second-order valence-corrected chi connectivity index (χ2v) is 5.96. The molecule has 5 nitrogen and oxygen atoms in total. The van der Waals surface area contributed by atoms with Gasteiger partial charge in [-0.05, 0) is 38.5 Å². The Labute approximate surface area is 121 Å². The second-order valence-electron chi connectivity index (χ2n) is 5.96. The largest absolute Gasteiger partial charge is 0.481 e. The molecule has 1 aliphatic heterocycles. The first-order valence-electron chi connectivity index (χ1n) is 7.77. The van der Waals surface area contributed by atoms with Gasteiger partial charge in [0.2, 0.25) is 0 Å². The summed E-state index contributed by atoms with van der Waals surface area (Å²) in [7, 11) is 0. The highest BCUT2D eigenvalue weighted by molar-refractivity contribution is 5.74. The van der Waals surface area contributed by atoms with Crippen molar-refractivity contribution in [1.29, 1.82) is 0 Å². The zero-order valence-electron chi connectivity index (χ0n) is 12.7. The minimum absolute atomic E-state index is 0.0509. The zero-order chi connectivity index (χ0) is 15.0. The third-order valence-electron chi connectivity index (χ3n) is 3.99. The van der Waals surface area contributed by atoms with Crippen molar-refractivity contribution in [1.82, 2.24) is 10.2 Å². The SMILES string of the molecule is CC1CCN(C(=O)NCCCCCCC(=O)O)C(C)C1. The predicted octanol–water partition coefficient (Wildman–Crippen LogP) is 2.85. The van der Waals surface area contributed by atoms with Gasteiger partial charge in [0.1, 0.15) is 0 Å². The van der Waals surface area contributed by atoms with Gasteiger partial charge in [-0.3, -0.25) is 4.79 Å². The van der Waals surface area contributed by atoms with Crippen LogP contribution in [0.1, 0.15) is 58.8 Å². The molecule has 0 spiro atoms. The molecule has 0 radical (unpaired) electrons. The fraction of sp³-hybridized carbons (Fsp3) is 0.867. The van der Waals surface area contributed by atoms with Gasteiger partial charge >= 0.3 is 12.0 Å². The molecule has 2 atom stereocenters. The van der Waals surface area contributed by atoms with Crippen LogP contribution < -0.4 is 5.32 Å². The van der Waals surface area contributed by atoms with E-state index in [1.807, 2.05) is 4.90 Å². The molecule has 1 saturated heterocycles. The number of amides is 2. The summed E-state index contributed by atoms with van der Waals surface area (Å²) in [6.07, 6.45) is 5.96. The lowest BCUT2D eigenvalue weighted by molar-refractivity contribution is -0.137. The summed E-state index contributed by atoms with van der Waals surface area (Å²) in [5.41, 5.74) is 0. The van der Waals surface area contributed by atoms with Gasteiger partial charge in [0.05, 0.1) is 0 Å². The number of nitrogens with one attached hydrogen (secondary N) is 1. The number of hydrogen-bond donors (Lipinski definition) is 2. The highest BCUT2D eigenvalue weighted by atomic mass is 16.4. The number of carbonyl (C=O) groups excluding carboxylic acids is 1. The Kier molecular flexibility index (Phi) is 7.41. The molecule has 0 aromatic carbocycles. The third-order valence-corrected chi connectivity index (χ3v) is 3.99. The van der Waals surface area contributed by atoms with E-state index in [0.717, 1.165) is 45.1 Å². The highest BCUT2D eigenvalue weighted by Gasteiger charge is 2.26. The number of likely N-dealkylation sites (tertiary alicyclic amines) is 1. The molecule has 116 valence electrons. The van der Waals surface area contributed by atoms with Crippen molar-refractivity contribution in [3.63, 3.8) is 0 Å². The Balaban J connectivity index is 2.06. The maximum absolute atomic E-state index is 12.0. The Bertz CT molecular complexity index is 320. The smallest absolute Gasteiger partial charge is 0.317 e. The number of carbonyl (C=O) groups is 2. The quantitative estimate of drug-likeness (QED) is 0.706. The van der Waals surface area contributed by atoms with Crippen LogP contribution in [0.3, 0.4) is 0 Å². The number of carboxylic acid groups (broad SMARTS) is 1. The third kappa shape index (κ3) is 6.26. The number of hydrogen-bond acceptors (Lipinski definition) is 2. The first kappa shape index (κ1) is 16.8. The van der Waals surface area contributed by atoms with Crippen LogP contribution in [0.4, 0.5) is 4.79 Å². The van der Waals surface area contributed by atoms with E-state index in [1.54, 1.807) is 0 Å². The molecule has 1 rings (SSSR count). The van der Waals surface area contributed by atoms with Gasteiger partial charge < -0.3 is 15.3 Å². The van der Waals surface area contributed by atoms with E-state index in [-0.39, 0.29) is 12.5 Å². The van der Waals surface area contributed by atoms with Gasteiger partial charge in [0, 0.05) is 25.6 Å². The van der Waals surface area contributed by atoms with E-state index >= 15 is 0 Å². The molecule has 2 amide bonds. The van der Waals surface area contributed by atoms with Crippen LogP contribution in [-0.4, -0.2) is 41.1 Å². The van der Waals surface area contributed by atoms with Crippen LogP contribution in [0, 0.1) is 5.92 Å². The van der Waals surface area contributed by atoms with E-state index in [1.165, 1.54) is 0 Å². The van der Waals surface area contributed by atoms with E-state index < -0.39 is 5.97 Å². The topological polar surface area (TPSA) is 69.6 Å². The van der Waals surface area contributed by atoms with Crippen molar-refractivity contribution in [3.05, 3.63) is 0 Å². The molecule has 5 heteroatoms. The molecule has 1 aliphatic rings. The first-order chi connectivity index (χ1) is 9.50. The Morgan fingerprint density at radius 1 is 1.20 bits per heavy atom. The molecule has 0 bridgehead atoms. The molecular formula is C15H28N2O3. The molecule has 2 unspecified atom stereocenters. The summed E-state index contributed by atoms with van der Waals surface area (Å²) in [6, 6.07) is 0.379. The summed E-state index contributed by atoms with van der Waals surface area (Å²) in [5, 5.41) is 11.5. The second kappa shape index (κ2) is 8.82. The standard InChI is InChI=1S/C15H28N2O3/c1-12-8-10-17(13(2)11-12)15(20)16-9-6-4-3-5-7-14(18)19/h12-13H,3-11H2,1-2H3,(H,16,20)(H,18,19). The Morgan fingerprint density at radius 2 is 1.90 bits per heavy atom. The number of unbranched alkanes of at least 4 members (excludes halogenated alkanes) is 3. The average Bonchev–Trinajstić information content (AvgIpc) is 2.37. The van der Waals surface area contributed by atoms with E-state index in [9.17, 15) is 9.59 Å². The summed E-state index contributed by atoms with van der Waals surface area (Å²) in [5.74, 6) is -0.0186. The van der Waals surface area contributed by atoms with Crippen LogP contribution in [0.5, 0.6) is 0 Å². The summed E-state index contributed by atoms with van der Waals surface area (Å²) in [4.78, 5) is 24.3. The Hall–Kier alpha value is -1.26. The van der Waals surface area contributed by atoms with Crippen LogP contribution in [0.15, 0.2) is 0 Å². The lowest BCUT2D eigenvalue weighted by Crippen LogP contribution is -2.49. The van der Waals surface area contributed by atoms with Crippen LogP contribution in [0.25, 0.3) is 0 Å². The normalized spacial score (nSPS) is 22.6. The van der Waals surface area contributed by atoms with E-state index in [2.05, 4.69) is 19.2 Å². The van der Waals surface area contributed by atoms with Gasteiger partial charge in [-0.25, -0.2) is 4.79 Å². The molecule has 1 heterocycles. The van der Waals surface area contributed by atoms with Crippen LogP contribution >= 0.6 is 0 Å². The molecule has 0 aromatic rings. The minimum atomic E-state index is -0.730. The number of nitrogens with zero attached hydrogens (tertiary/aromatic N) is 1. The maximum Gasteiger partial charge on any atom is 0.317 e. The van der Waals surface area contributed by atoms with Crippen molar-refractivity contribution in [3.8, 4) is 0 Å². The van der Waals surface area contributed by atoms with Gasteiger partial charge in [0.25, 0.3) is 0 Å². The van der Waals surface area contributed by atoms with Crippen molar-refractivity contribution in [2.24, 2.45) is 5.92 Å². The zero-order valence-corrected chi connectivity index (χ0v) is 12.7. The average molecular weight is 284 g/mol. The first-order valence-corrected chi connectivity index (χ1v) is 7.77. The van der Waals surface area contributed by atoms with Crippen molar-refractivity contribution >= 4 is 12.0 Å². The van der Waals surface area contributed by atoms with Gasteiger partial charge in [-0.1, -0.05) is 19.8 Å². The van der Waals surface area contributed by atoms with E-state index in [4.69, 9.17) is 5.11 Å². The minimum Gasteiger partial charge on any atom is -0.481 e. The molecular weight excluding hydrogens is 256 g/mol. The number of aliphatic carboxylic acids is 1. The van der Waals surface area contributed by atoms with Crippen molar-refractivity contribution in [2.45, 2.75) is 64.8 Å². The van der Waals surface area contributed by atoms with Gasteiger partial charge in [-0.15, -0.1) is 0 Å². The number of urea groups is 1. The Morgan fingerprint density at radius 3 is 2.55 bits per heavy atom. The predicted molar refractivity (Wildman–Crippen MR) is 78.7 cm³/mol. The van der Waals surface area contributed by atoms with Crippen molar-refractivity contribution in [2.75, 3.05) is 13.1 Å². The molecule has 0 saturated carbocycles. The molecule has 20 heavy (non-hydrogen) atoms. The van der Waals surface area contributed by atoms with Crippen LogP contribution in [0.2, 0.25) is 0 Å². The van der Waals surface area contributed by atoms with Crippen LogP contribution in [-0.2, 0) is 4.79 Å². The number of piperidine rings is 1. The fourth-order valence-electron chi connectivity index (χ4n) is 2.76. The molecule has 1 fully saturated rings. The molecule has 0 aliphatic carbocycles. The molecule has 0 aromatic heterocycles. The summed E-state index contributed by atoms with van der Waals surface area (Å²) < 4.78 is 0. The summed E-state index contributed by atoms with van der Waals surface area (Å²) in [6.45, 7) is 5.89. The molecule has 2 N–H and O–H groups in total. The van der Waals surface area contributed by atoms with Crippen molar-refractivity contribution < 1.29 is 14.7 Å². The lowest BCUT2D eigenvalue weighted by atomic mass is 9.94. The highest BCUT2D eigenvalue weighted by Crippen LogP contribution is 2.21. The lowest BCUT2D eigenvalue weighted by Gasteiger charge is -2.36. The number of rotatable bonds is 7. The van der Waals surface area contributed by atoms with E-state index in [0.29, 0.717) is 18.5 Å². The monoisotopic (exact) mass is 284 g/mol. The maximum atomic E-state index is 12.0. The van der Waals surface area contributed by atoms with Gasteiger partial charge in [-0.2, -0.15) is 0 Å². The summed E-state index contributed by atoms with van der Waals surface area (Å²) >= 11 is 0. The van der Waals surface area contributed by atoms with Gasteiger partial charge in [0.15, 0.2) is 0 Å².